The van der Waals surface area contributed by atoms with Crippen molar-refractivity contribution >= 4 is 62.3 Å². The molecule has 0 aromatic heterocycles. The molecule has 11 heteroatoms. The Labute approximate surface area is 251 Å². The van der Waals surface area contributed by atoms with Crippen molar-refractivity contribution in [1.29, 1.82) is 0 Å². The Kier molecular flexibility index (Phi) is 10.9. The summed E-state index contributed by atoms with van der Waals surface area (Å²) in [5.41, 5.74) is 2.61. The summed E-state index contributed by atoms with van der Waals surface area (Å²) >= 11 is 18.6. The summed E-state index contributed by atoms with van der Waals surface area (Å²) in [7, 11) is -4.00. The number of carbonyl (C=O) groups is 2. The number of nitrogens with zero attached hydrogens (tertiary/aromatic N) is 2. The number of benzene rings is 3. The van der Waals surface area contributed by atoms with Gasteiger partial charge >= 0.3 is 0 Å². The first-order chi connectivity index (χ1) is 18.8. The van der Waals surface area contributed by atoms with E-state index in [1.54, 1.807) is 0 Å². The van der Waals surface area contributed by atoms with Crippen LogP contribution >= 0.6 is 34.8 Å². The number of anilines is 1. The molecule has 0 unspecified atom stereocenters. The molecular formula is C29H32Cl3N3O4S. The van der Waals surface area contributed by atoms with Gasteiger partial charge in [-0.15, -0.1) is 0 Å². The number of sulfonamides is 1. The van der Waals surface area contributed by atoms with E-state index in [0.717, 1.165) is 27.3 Å². The van der Waals surface area contributed by atoms with Crippen LogP contribution < -0.4 is 9.62 Å². The van der Waals surface area contributed by atoms with Gasteiger partial charge in [0.15, 0.2) is 0 Å². The molecule has 0 aliphatic carbocycles. The highest BCUT2D eigenvalue weighted by Crippen LogP contribution is 2.35. The molecule has 0 saturated carbocycles. The summed E-state index contributed by atoms with van der Waals surface area (Å²) < 4.78 is 26.7. The molecule has 0 radical (unpaired) electrons. The molecule has 214 valence electrons. The lowest BCUT2D eigenvalue weighted by molar-refractivity contribution is -0.140. The molecule has 3 aromatic rings. The van der Waals surface area contributed by atoms with E-state index in [-0.39, 0.29) is 45.7 Å². The Balaban J connectivity index is 2.11. The van der Waals surface area contributed by atoms with Crippen LogP contribution in [0.5, 0.6) is 0 Å². The van der Waals surface area contributed by atoms with Gasteiger partial charge in [-0.25, -0.2) is 8.42 Å². The highest BCUT2D eigenvalue weighted by Gasteiger charge is 2.34. The summed E-state index contributed by atoms with van der Waals surface area (Å²) in [5.74, 6) is -0.935. The van der Waals surface area contributed by atoms with E-state index >= 15 is 0 Å². The maximum Gasteiger partial charge on any atom is 0.244 e. The van der Waals surface area contributed by atoms with Crippen molar-refractivity contribution in [2.45, 2.75) is 45.8 Å². The fourth-order valence-corrected chi connectivity index (χ4v) is 5.75. The third kappa shape index (κ3) is 8.36. The van der Waals surface area contributed by atoms with Gasteiger partial charge < -0.3 is 10.2 Å². The zero-order chi connectivity index (χ0) is 29.6. The van der Waals surface area contributed by atoms with Gasteiger partial charge in [0.05, 0.1) is 27.0 Å². The Morgan fingerprint density at radius 3 is 2.10 bits per heavy atom. The lowest BCUT2D eigenvalue weighted by Gasteiger charge is -2.34. The van der Waals surface area contributed by atoms with Crippen LogP contribution in [0, 0.1) is 6.92 Å². The van der Waals surface area contributed by atoms with Gasteiger partial charge in [-0.3, -0.25) is 13.9 Å². The first kappa shape index (κ1) is 31.7. The monoisotopic (exact) mass is 623 g/mol. The maximum atomic E-state index is 14.1. The molecule has 0 fully saturated rings. The lowest BCUT2D eigenvalue weighted by atomic mass is 10.0. The van der Waals surface area contributed by atoms with E-state index in [2.05, 4.69) is 5.32 Å². The summed E-state index contributed by atoms with van der Waals surface area (Å²) in [6, 6.07) is 18.4. The zero-order valence-electron chi connectivity index (χ0n) is 22.7. The Hall–Kier alpha value is -2.78. The minimum Gasteiger partial charge on any atom is -0.352 e. The van der Waals surface area contributed by atoms with E-state index in [1.807, 2.05) is 75.4 Å². The second-order valence-corrected chi connectivity index (χ2v) is 12.9. The molecule has 0 bridgehead atoms. The third-order valence-corrected chi connectivity index (χ3v) is 8.39. The van der Waals surface area contributed by atoms with Crippen molar-refractivity contribution in [3.8, 4) is 0 Å². The Morgan fingerprint density at radius 2 is 1.50 bits per heavy atom. The number of nitrogens with one attached hydrogen (secondary N) is 1. The van der Waals surface area contributed by atoms with Gasteiger partial charge in [0.2, 0.25) is 21.8 Å². The van der Waals surface area contributed by atoms with Crippen molar-refractivity contribution in [2.24, 2.45) is 0 Å². The fraction of sp³-hybridized carbons (Fsp3) is 0.310. The van der Waals surface area contributed by atoms with Crippen LogP contribution in [0.3, 0.4) is 0 Å². The molecule has 40 heavy (non-hydrogen) atoms. The van der Waals surface area contributed by atoms with Crippen LogP contribution in [-0.4, -0.2) is 50.0 Å². The molecule has 0 heterocycles. The van der Waals surface area contributed by atoms with Crippen LogP contribution in [0.25, 0.3) is 0 Å². The Bertz CT molecular complexity index is 1470. The van der Waals surface area contributed by atoms with Crippen LogP contribution in [0.2, 0.25) is 15.1 Å². The molecule has 3 rings (SSSR count). The maximum absolute atomic E-state index is 14.1. The molecule has 1 N–H and O–H groups in total. The van der Waals surface area contributed by atoms with Crippen molar-refractivity contribution in [1.82, 2.24) is 10.2 Å². The summed E-state index contributed by atoms with van der Waals surface area (Å²) in [6.07, 6.45) is 1.20. The topological polar surface area (TPSA) is 86.8 Å². The number of carbonyl (C=O) groups excluding carboxylic acids is 2. The molecule has 1 atom stereocenters. The van der Waals surface area contributed by atoms with Crippen molar-refractivity contribution in [2.75, 3.05) is 17.1 Å². The predicted molar refractivity (Wildman–Crippen MR) is 163 cm³/mol. The largest absolute Gasteiger partial charge is 0.352 e. The highest BCUT2D eigenvalue weighted by molar-refractivity contribution is 7.92. The van der Waals surface area contributed by atoms with E-state index in [1.165, 1.54) is 17.0 Å². The quantitative estimate of drug-likeness (QED) is 0.270. The van der Waals surface area contributed by atoms with Crippen LogP contribution in [0.1, 0.15) is 30.5 Å². The van der Waals surface area contributed by atoms with Gasteiger partial charge in [0, 0.05) is 19.0 Å². The van der Waals surface area contributed by atoms with Crippen molar-refractivity contribution in [3.05, 3.63) is 98.5 Å². The second kappa shape index (κ2) is 13.7. The third-order valence-electron chi connectivity index (χ3n) is 6.24. The van der Waals surface area contributed by atoms with E-state index in [9.17, 15) is 18.0 Å². The van der Waals surface area contributed by atoms with Crippen LogP contribution in [0.4, 0.5) is 5.69 Å². The number of aryl methyl sites for hydroxylation is 1. The van der Waals surface area contributed by atoms with Crippen molar-refractivity contribution < 1.29 is 18.0 Å². The molecule has 0 aliphatic rings. The van der Waals surface area contributed by atoms with Gasteiger partial charge in [-0.2, -0.15) is 0 Å². The number of halogens is 3. The molecule has 2 amide bonds. The number of hydrogen-bond donors (Lipinski definition) is 1. The van der Waals surface area contributed by atoms with Gasteiger partial charge in [0.25, 0.3) is 0 Å². The molecular weight excluding hydrogens is 593 g/mol. The number of rotatable bonds is 11. The van der Waals surface area contributed by atoms with E-state index in [4.69, 9.17) is 34.8 Å². The molecule has 7 nitrogen and oxygen atoms in total. The Morgan fingerprint density at radius 1 is 0.900 bits per heavy atom. The van der Waals surface area contributed by atoms with Crippen molar-refractivity contribution in [3.63, 3.8) is 0 Å². The molecule has 0 spiro atoms. The van der Waals surface area contributed by atoms with E-state index < -0.39 is 28.5 Å². The average Bonchev–Trinajstić information content (AvgIpc) is 2.87. The van der Waals surface area contributed by atoms with Gasteiger partial charge in [-0.05, 0) is 49.6 Å². The predicted octanol–water partition coefficient (Wildman–Crippen LogP) is 5.89. The van der Waals surface area contributed by atoms with Crippen LogP contribution in [-0.2, 0) is 32.6 Å². The number of amides is 2. The lowest BCUT2D eigenvalue weighted by Crippen LogP contribution is -2.54. The smallest absolute Gasteiger partial charge is 0.244 e. The zero-order valence-corrected chi connectivity index (χ0v) is 25.8. The van der Waals surface area contributed by atoms with Crippen LogP contribution in [0.15, 0.2) is 66.7 Å². The molecule has 0 saturated heterocycles. The number of hydrogen-bond acceptors (Lipinski definition) is 4. The fourth-order valence-electron chi connectivity index (χ4n) is 4.20. The molecule has 3 aromatic carbocycles. The highest BCUT2D eigenvalue weighted by atomic mass is 35.5. The average molecular weight is 625 g/mol. The van der Waals surface area contributed by atoms with Gasteiger partial charge in [0.1, 0.15) is 12.6 Å². The summed E-state index contributed by atoms with van der Waals surface area (Å²) in [6.45, 7) is 5.06. The van der Waals surface area contributed by atoms with Gasteiger partial charge in [-0.1, -0.05) is 89.4 Å². The summed E-state index contributed by atoms with van der Waals surface area (Å²) in [4.78, 5) is 29.1. The SMILES string of the molecule is Cc1ccccc1CN(C(=O)CN(c1cc(Cl)c(Cl)cc1Cl)S(C)(=O)=O)[C@@H](Cc1ccccc1)C(=O)NC(C)C. The van der Waals surface area contributed by atoms with E-state index in [0.29, 0.717) is 0 Å². The standard InChI is InChI=1S/C29H32Cl3N3O4S/c1-19(2)33-29(37)27(14-21-11-6-5-7-12-21)34(17-22-13-9-8-10-20(22)3)28(36)18-35(40(4,38)39)26-16-24(31)23(30)15-25(26)32/h5-13,15-16,19,27H,14,17-18H2,1-4H3,(H,33,37)/t27-/m0/s1. The second-order valence-electron chi connectivity index (χ2n) is 9.80. The normalized spacial score (nSPS) is 12.2. The minimum absolute atomic E-state index is 0.00833. The first-order valence-corrected chi connectivity index (χ1v) is 15.6. The minimum atomic E-state index is -4.00. The summed E-state index contributed by atoms with van der Waals surface area (Å²) in [5, 5.41) is 3.15. The first-order valence-electron chi connectivity index (χ1n) is 12.6. The molecule has 0 aliphatic heterocycles.